The molecule has 0 spiro atoms. The third-order valence-corrected chi connectivity index (χ3v) is 3.89. The summed E-state index contributed by atoms with van der Waals surface area (Å²) in [4.78, 5) is 15.6. The predicted octanol–water partition coefficient (Wildman–Crippen LogP) is 2.44. The van der Waals surface area contributed by atoms with Gasteiger partial charge in [-0.1, -0.05) is 12.1 Å². The van der Waals surface area contributed by atoms with Gasteiger partial charge >= 0.3 is 0 Å². The second-order valence-electron chi connectivity index (χ2n) is 5.44. The minimum absolute atomic E-state index is 0.0305. The van der Waals surface area contributed by atoms with Crippen molar-refractivity contribution in [1.29, 1.82) is 0 Å². The molecule has 1 aliphatic rings. The van der Waals surface area contributed by atoms with Crippen LogP contribution in [0, 0.1) is 0 Å². The molecule has 1 aliphatic heterocycles. The number of methoxy groups -OCH3 is 1. The maximum absolute atomic E-state index is 11.5. The van der Waals surface area contributed by atoms with E-state index in [0.29, 0.717) is 30.1 Å². The fraction of sp³-hybridized carbons (Fsp3) is 0.294. The molecule has 0 saturated carbocycles. The van der Waals surface area contributed by atoms with Gasteiger partial charge in [0.25, 0.3) is 5.91 Å². The molecule has 1 amide bonds. The molecule has 0 fully saturated rings. The van der Waals surface area contributed by atoms with E-state index in [2.05, 4.69) is 4.99 Å². The summed E-state index contributed by atoms with van der Waals surface area (Å²) in [6.07, 6.45) is 1.38. The molecule has 2 aromatic carbocycles. The van der Waals surface area contributed by atoms with Gasteiger partial charge < -0.3 is 20.3 Å². The maximum Gasteiger partial charge on any atom is 0.252 e. The van der Waals surface area contributed by atoms with Crippen LogP contribution in [0.3, 0.4) is 0 Å². The molecule has 6 nitrogen and oxygen atoms in total. The average molecular weight is 314 g/mol. The molecular weight excluding hydrogens is 296 g/mol. The van der Waals surface area contributed by atoms with Gasteiger partial charge in [-0.15, -0.1) is 0 Å². The van der Waals surface area contributed by atoms with E-state index in [-0.39, 0.29) is 11.9 Å². The van der Waals surface area contributed by atoms with Crippen molar-refractivity contribution < 1.29 is 19.4 Å². The zero-order chi connectivity index (χ0) is 16.4. The highest BCUT2D eigenvalue weighted by molar-refractivity contribution is 6.02. The molecule has 3 rings (SSSR count). The summed E-state index contributed by atoms with van der Waals surface area (Å²) in [5.41, 5.74) is 5.72. The van der Waals surface area contributed by atoms with Crippen molar-refractivity contribution in [3.63, 3.8) is 0 Å². The lowest BCUT2D eigenvalue weighted by molar-refractivity contribution is 0.0997. The monoisotopic (exact) mass is 314 g/mol. The minimum Gasteiger partial charge on any atom is -0.497 e. The van der Waals surface area contributed by atoms with Gasteiger partial charge in [-0.25, -0.2) is 4.99 Å². The largest absolute Gasteiger partial charge is 0.497 e. The number of hydrogen-bond donors (Lipinski definition) is 2. The number of nitrogens with zero attached hydrogens (tertiary/aromatic N) is 1. The molecular formula is C17H18N2O4. The Hall–Kier alpha value is -2.76. The van der Waals surface area contributed by atoms with Gasteiger partial charge in [-0.05, 0) is 30.0 Å². The van der Waals surface area contributed by atoms with E-state index in [1.165, 1.54) is 7.11 Å². The maximum atomic E-state index is 11.5. The number of amides is 1. The molecule has 1 atom stereocenters. The first-order valence-electron chi connectivity index (χ1n) is 7.37. The number of primary amides is 1. The van der Waals surface area contributed by atoms with Crippen LogP contribution in [0.25, 0.3) is 10.8 Å². The summed E-state index contributed by atoms with van der Waals surface area (Å²) in [5, 5.41) is 11.0. The van der Waals surface area contributed by atoms with Gasteiger partial charge in [-0.2, -0.15) is 0 Å². The van der Waals surface area contributed by atoms with Gasteiger partial charge in [0.15, 0.2) is 5.90 Å². The van der Waals surface area contributed by atoms with Crippen molar-refractivity contribution in [1.82, 2.24) is 0 Å². The third-order valence-electron chi connectivity index (χ3n) is 3.89. The summed E-state index contributed by atoms with van der Waals surface area (Å²) < 4.78 is 11.1. The Labute approximate surface area is 133 Å². The Morgan fingerprint density at radius 3 is 2.87 bits per heavy atom. The summed E-state index contributed by atoms with van der Waals surface area (Å²) >= 11 is 0. The number of benzene rings is 2. The van der Waals surface area contributed by atoms with Crippen molar-refractivity contribution in [2.45, 2.75) is 18.9 Å². The van der Waals surface area contributed by atoms with Gasteiger partial charge in [0.1, 0.15) is 18.1 Å². The van der Waals surface area contributed by atoms with Crippen LogP contribution >= 0.6 is 0 Å². The topological polar surface area (TPSA) is 94.1 Å². The predicted molar refractivity (Wildman–Crippen MR) is 87.6 cm³/mol. The summed E-state index contributed by atoms with van der Waals surface area (Å²) in [6.45, 7) is 0.392. The van der Waals surface area contributed by atoms with Crippen molar-refractivity contribution in [2.75, 3.05) is 13.7 Å². The van der Waals surface area contributed by atoms with Crippen molar-refractivity contribution in [2.24, 2.45) is 10.7 Å². The number of aliphatic hydroxyl groups is 1. The Morgan fingerprint density at radius 1 is 1.39 bits per heavy atom. The fourth-order valence-electron chi connectivity index (χ4n) is 2.71. The van der Waals surface area contributed by atoms with E-state index in [9.17, 15) is 9.90 Å². The number of ether oxygens (including phenoxy) is 2. The molecule has 6 heteroatoms. The molecule has 0 radical (unpaired) electrons. The molecule has 3 N–H and O–H groups in total. The number of aliphatic imine (C=N–C) groups is 1. The number of hydrogen-bond acceptors (Lipinski definition) is 4. The van der Waals surface area contributed by atoms with Crippen LogP contribution in [-0.2, 0) is 0 Å². The normalized spacial score (nSPS) is 17.1. The van der Waals surface area contributed by atoms with E-state index >= 15 is 0 Å². The van der Waals surface area contributed by atoms with Crippen LogP contribution in [-0.4, -0.2) is 36.7 Å². The molecule has 0 saturated heterocycles. The van der Waals surface area contributed by atoms with Gasteiger partial charge in [0.2, 0.25) is 0 Å². The van der Waals surface area contributed by atoms with Gasteiger partial charge in [-0.3, -0.25) is 4.79 Å². The fourth-order valence-corrected chi connectivity index (χ4v) is 2.71. The highest BCUT2D eigenvalue weighted by Gasteiger charge is 2.18. The Morgan fingerprint density at radius 2 is 2.22 bits per heavy atom. The van der Waals surface area contributed by atoms with Crippen LogP contribution in [0.1, 0.15) is 23.2 Å². The zero-order valence-electron chi connectivity index (χ0n) is 12.8. The number of rotatable bonds is 5. The van der Waals surface area contributed by atoms with Crippen molar-refractivity contribution in [3.8, 4) is 11.5 Å². The SMILES string of the molecule is COc1cc2c(OC[C@@H]3CCC(O)=N3)cccc2cc1C(N)=O. The number of nitrogens with two attached hydrogens (primary N) is 1. The standard InChI is InChI=1S/C17H18N2O4/c1-22-15-8-12-10(7-13(15)17(18)21)3-2-4-14(12)23-9-11-5-6-16(20)19-11/h2-4,7-8,11H,5-6,9H2,1H3,(H2,18,21)(H,19,20)/t11-/m0/s1. The molecule has 120 valence electrons. The number of aliphatic hydroxyl groups excluding tert-OH is 1. The summed E-state index contributed by atoms with van der Waals surface area (Å²) in [5.74, 6) is 0.742. The molecule has 23 heavy (non-hydrogen) atoms. The van der Waals surface area contributed by atoms with E-state index in [1.807, 2.05) is 18.2 Å². The van der Waals surface area contributed by atoms with Crippen LogP contribution < -0.4 is 15.2 Å². The quantitative estimate of drug-likeness (QED) is 0.886. The first kappa shape index (κ1) is 15.1. The first-order valence-corrected chi connectivity index (χ1v) is 7.37. The van der Waals surface area contributed by atoms with Crippen molar-refractivity contribution >= 4 is 22.6 Å². The number of carbonyl (C=O) groups excluding carboxylic acids is 1. The molecule has 0 bridgehead atoms. The first-order chi connectivity index (χ1) is 11.1. The molecule has 0 unspecified atom stereocenters. The highest BCUT2D eigenvalue weighted by Crippen LogP contribution is 2.32. The smallest absolute Gasteiger partial charge is 0.252 e. The summed E-state index contributed by atoms with van der Waals surface area (Å²) in [6, 6.07) is 9.00. The van der Waals surface area contributed by atoms with Crippen LogP contribution in [0.5, 0.6) is 11.5 Å². The number of fused-ring (bicyclic) bond motifs is 1. The van der Waals surface area contributed by atoms with E-state index < -0.39 is 5.91 Å². The highest BCUT2D eigenvalue weighted by atomic mass is 16.5. The van der Waals surface area contributed by atoms with Crippen LogP contribution in [0.15, 0.2) is 35.3 Å². The zero-order valence-corrected chi connectivity index (χ0v) is 12.8. The van der Waals surface area contributed by atoms with Gasteiger partial charge in [0.05, 0.1) is 18.7 Å². The van der Waals surface area contributed by atoms with Gasteiger partial charge in [0, 0.05) is 11.8 Å². The molecule has 0 aliphatic carbocycles. The Kier molecular flexibility index (Phi) is 4.06. The van der Waals surface area contributed by atoms with E-state index in [1.54, 1.807) is 12.1 Å². The summed E-state index contributed by atoms with van der Waals surface area (Å²) in [7, 11) is 1.49. The van der Waals surface area contributed by atoms with Crippen molar-refractivity contribution in [3.05, 3.63) is 35.9 Å². The average Bonchev–Trinajstić information content (AvgIpc) is 2.96. The Balaban J connectivity index is 1.93. The van der Waals surface area contributed by atoms with Crippen LogP contribution in [0.2, 0.25) is 0 Å². The second kappa shape index (κ2) is 6.16. The van der Waals surface area contributed by atoms with Crippen LogP contribution in [0.4, 0.5) is 0 Å². The third kappa shape index (κ3) is 3.06. The lowest BCUT2D eigenvalue weighted by Crippen LogP contribution is -2.13. The lowest BCUT2D eigenvalue weighted by Gasteiger charge is -2.14. The molecule has 2 aromatic rings. The number of carbonyl (C=O) groups is 1. The molecule has 0 aromatic heterocycles. The second-order valence-corrected chi connectivity index (χ2v) is 5.44. The lowest BCUT2D eigenvalue weighted by atomic mass is 10.0. The minimum atomic E-state index is -0.536. The Bertz CT molecular complexity index is 786. The molecule has 1 heterocycles. The van der Waals surface area contributed by atoms with E-state index in [0.717, 1.165) is 17.2 Å². The van der Waals surface area contributed by atoms with E-state index in [4.69, 9.17) is 15.2 Å².